The molecular formula is C27H39N3O6S2. The Bertz CT molecular complexity index is 1280. The van der Waals surface area contributed by atoms with Crippen LogP contribution in [0.4, 0.5) is 4.79 Å². The summed E-state index contributed by atoms with van der Waals surface area (Å²) in [5.74, 6) is 0. The second-order valence-electron chi connectivity index (χ2n) is 9.21. The molecule has 0 unspecified atom stereocenters. The molecule has 0 aliphatic carbocycles. The third-order valence-electron chi connectivity index (χ3n) is 5.69. The summed E-state index contributed by atoms with van der Waals surface area (Å²) in [5.41, 5.74) is 2.62. The van der Waals surface area contributed by atoms with Crippen LogP contribution in [-0.2, 0) is 24.8 Å². The topological polar surface area (TPSA) is 113 Å². The molecule has 1 N–H and O–H groups in total. The lowest BCUT2D eigenvalue weighted by Gasteiger charge is -2.25. The van der Waals surface area contributed by atoms with Gasteiger partial charge in [-0.25, -0.2) is 26.4 Å². The van der Waals surface area contributed by atoms with Crippen molar-refractivity contribution in [2.45, 2.75) is 50.3 Å². The highest BCUT2D eigenvalue weighted by molar-refractivity contribution is 7.89. The van der Waals surface area contributed by atoms with Gasteiger partial charge in [-0.1, -0.05) is 47.5 Å². The molecule has 0 aliphatic rings. The fraction of sp³-hybridized carbons (Fsp3) is 0.444. The number of nitrogens with one attached hydrogen (secondary N) is 1. The predicted octanol–water partition coefficient (Wildman–Crippen LogP) is 4.09. The van der Waals surface area contributed by atoms with Gasteiger partial charge < -0.3 is 9.64 Å². The maximum atomic E-state index is 13.2. The van der Waals surface area contributed by atoms with Crippen LogP contribution in [0.3, 0.4) is 0 Å². The molecule has 0 saturated heterocycles. The number of hydrogen-bond donors (Lipinski definition) is 1. The molecule has 0 saturated carbocycles. The fourth-order valence-corrected chi connectivity index (χ4v) is 6.28. The van der Waals surface area contributed by atoms with Crippen molar-refractivity contribution < 1.29 is 26.4 Å². The largest absolute Gasteiger partial charge is 0.450 e. The fourth-order valence-electron chi connectivity index (χ4n) is 3.67. The van der Waals surface area contributed by atoms with E-state index < -0.39 is 26.1 Å². The second kappa shape index (κ2) is 14.4. The number of aryl methyl sites for hydroxylation is 2. The van der Waals surface area contributed by atoms with Crippen LogP contribution in [-0.4, -0.2) is 71.5 Å². The Morgan fingerprint density at radius 3 is 1.92 bits per heavy atom. The molecule has 0 spiro atoms. The van der Waals surface area contributed by atoms with Crippen molar-refractivity contribution in [2.24, 2.45) is 0 Å². The average molecular weight is 566 g/mol. The minimum atomic E-state index is -3.75. The molecule has 0 aliphatic heterocycles. The van der Waals surface area contributed by atoms with E-state index in [0.29, 0.717) is 18.4 Å². The van der Waals surface area contributed by atoms with Crippen molar-refractivity contribution >= 4 is 26.1 Å². The standard InChI is InChI=1S/C27H39N3O6S2/c1-6-36-27(31)29(18-7-17-28-37(32,33)25-13-9-23(4)10-14-25)19-8-20-30(21-22(2)3)38(34,35)26-15-11-24(5)12-16-26/h9-16,28H,2,6-8,17-21H2,1,3-5H3. The Morgan fingerprint density at radius 1 is 0.868 bits per heavy atom. The lowest BCUT2D eigenvalue weighted by atomic mass is 10.2. The maximum absolute atomic E-state index is 13.2. The monoisotopic (exact) mass is 565 g/mol. The first-order chi connectivity index (χ1) is 17.9. The van der Waals surface area contributed by atoms with Gasteiger partial charge in [-0.3, -0.25) is 0 Å². The number of rotatable bonds is 15. The van der Waals surface area contributed by atoms with Crippen molar-refractivity contribution in [1.29, 1.82) is 0 Å². The number of amides is 1. The summed E-state index contributed by atoms with van der Waals surface area (Å²) >= 11 is 0. The first kappa shape index (κ1) is 31.5. The number of sulfonamides is 2. The van der Waals surface area contributed by atoms with Crippen LogP contribution in [0.2, 0.25) is 0 Å². The van der Waals surface area contributed by atoms with E-state index in [2.05, 4.69) is 11.3 Å². The van der Waals surface area contributed by atoms with Gasteiger partial charge in [-0.2, -0.15) is 4.31 Å². The van der Waals surface area contributed by atoms with E-state index in [0.717, 1.165) is 11.1 Å². The first-order valence-corrected chi connectivity index (χ1v) is 15.5. The van der Waals surface area contributed by atoms with Crippen LogP contribution in [0.25, 0.3) is 0 Å². The van der Waals surface area contributed by atoms with E-state index in [1.54, 1.807) is 62.4 Å². The van der Waals surface area contributed by atoms with Gasteiger partial charge in [0.1, 0.15) is 0 Å². The number of ether oxygens (including phenoxy) is 1. The zero-order valence-corrected chi connectivity index (χ0v) is 24.3. The van der Waals surface area contributed by atoms with E-state index in [4.69, 9.17) is 4.74 Å². The zero-order chi connectivity index (χ0) is 28.3. The minimum absolute atomic E-state index is 0.135. The summed E-state index contributed by atoms with van der Waals surface area (Å²) in [6, 6.07) is 13.2. The Morgan fingerprint density at radius 2 is 1.39 bits per heavy atom. The summed E-state index contributed by atoms with van der Waals surface area (Å²) in [6.07, 6.45) is 0.203. The molecule has 11 heteroatoms. The van der Waals surface area contributed by atoms with Crippen molar-refractivity contribution in [2.75, 3.05) is 39.3 Å². The number of nitrogens with zero attached hydrogens (tertiary/aromatic N) is 2. The molecule has 0 heterocycles. The van der Waals surface area contributed by atoms with Gasteiger partial charge in [-0.05, 0) is 64.8 Å². The first-order valence-electron chi connectivity index (χ1n) is 12.6. The smallest absolute Gasteiger partial charge is 0.409 e. The van der Waals surface area contributed by atoms with E-state index in [1.165, 1.54) is 9.21 Å². The molecule has 38 heavy (non-hydrogen) atoms. The normalized spacial score (nSPS) is 11.9. The molecular weight excluding hydrogens is 526 g/mol. The minimum Gasteiger partial charge on any atom is -0.450 e. The van der Waals surface area contributed by atoms with Gasteiger partial charge in [-0.15, -0.1) is 0 Å². The highest BCUT2D eigenvalue weighted by atomic mass is 32.2. The molecule has 0 atom stereocenters. The summed E-state index contributed by atoms with van der Waals surface area (Å²) in [4.78, 5) is 14.4. The highest BCUT2D eigenvalue weighted by Gasteiger charge is 2.25. The van der Waals surface area contributed by atoms with Gasteiger partial charge in [0.25, 0.3) is 0 Å². The average Bonchev–Trinajstić information content (AvgIpc) is 2.85. The second-order valence-corrected chi connectivity index (χ2v) is 12.9. The van der Waals surface area contributed by atoms with Crippen molar-refractivity contribution in [3.8, 4) is 0 Å². The molecule has 2 rings (SSSR count). The van der Waals surface area contributed by atoms with Gasteiger partial charge in [0.15, 0.2) is 0 Å². The van der Waals surface area contributed by atoms with Crippen LogP contribution in [0.15, 0.2) is 70.5 Å². The van der Waals surface area contributed by atoms with E-state index in [-0.39, 0.29) is 49.1 Å². The summed E-state index contributed by atoms with van der Waals surface area (Å²) in [5, 5.41) is 0. The van der Waals surface area contributed by atoms with Crippen LogP contribution >= 0.6 is 0 Å². The molecule has 210 valence electrons. The van der Waals surface area contributed by atoms with E-state index >= 15 is 0 Å². The lowest BCUT2D eigenvalue weighted by molar-refractivity contribution is 0.106. The zero-order valence-electron chi connectivity index (χ0n) is 22.6. The highest BCUT2D eigenvalue weighted by Crippen LogP contribution is 2.18. The molecule has 0 aromatic heterocycles. The number of carbonyl (C=O) groups excluding carboxylic acids is 1. The van der Waals surface area contributed by atoms with E-state index in [9.17, 15) is 21.6 Å². The van der Waals surface area contributed by atoms with Crippen molar-refractivity contribution in [3.63, 3.8) is 0 Å². The Labute approximate surface area is 227 Å². The summed E-state index contributed by atoms with van der Waals surface area (Å²) in [6.45, 7) is 12.3. The van der Waals surface area contributed by atoms with Gasteiger partial charge in [0, 0.05) is 32.7 Å². The molecule has 0 bridgehead atoms. The number of hydrogen-bond acceptors (Lipinski definition) is 6. The van der Waals surface area contributed by atoms with E-state index in [1.807, 2.05) is 13.8 Å². The predicted molar refractivity (Wildman–Crippen MR) is 149 cm³/mol. The number of benzene rings is 2. The van der Waals surface area contributed by atoms with Crippen LogP contribution in [0, 0.1) is 13.8 Å². The molecule has 0 fully saturated rings. The third kappa shape index (κ3) is 9.54. The van der Waals surface area contributed by atoms with Gasteiger partial charge >= 0.3 is 6.09 Å². The quantitative estimate of drug-likeness (QED) is 0.257. The molecule has 9 nitrogen and oxygen atoms in total. The molecule has 2 aromatic rings. The lowest BCUT2D eigenvalue weighted by Crippen LogP contribution is -2.38. The van der Waals surface area contributed by atoms with Crippen molar-refractivity contribution in [3.05, 3.63) is 71.8 Å². The maximum Gasteiger partial charge on any atom is 0.409 e. The van der Waals surface area contributed by atoms with Crippen LogP contribution in [0.1, 0.15) is 37.8 Å². The van der Waals surface area contributed by atoms with Gasteiger partial charge in [0.2, 0.25) is 20.0 Å². The Hall–Kier alpha value is -2.73. The molecule has 1 amide bonds. The van der Waals surface area contributed by atoms with Crippen LogP contribution < -0.4 is 4.72 Å². The number of carbonyl (C=O) groups is 1. The SMILES string of the molecule is C=C(C)CN(CCCN(CCCNS(=O)(=O)c1ccc(C)cc1)C(=O)OCC)S(=O)(=O)c1ccc(C)cc1. The molecule has 2 aromatic carbocycles. The summed E-state index contributed by atoms with van der Waals surface area (Å²) in [7, 11) is -7.40. The molecule has 0 radical (unpaired) electrons. The third-order valence-corrected chi connectivity index (χ3v) is 9.03. The van der Waals surface area contributed by atoms with Crippen LogP contribution in [0.5, 0.6) is 0 Å². The Kier molecular flexibility index (Phi) is 12.0. The van der Waals surface area contributed by atoms with Crippen molar-refractivity contribution in [1.82, 2.24) is 13.9 Å². The Balaban J connectivity index is 2.00. The van der Waals surface area contributed by atoms with Gasteiger partial charge in [0.05, 0.1) is 16.4 Å². The summed E-state index contributed by atoms with van der Waals surface area (Å²) < 4.78 is 60.6.